The van der Waals surface area contributed by atoms with Gasteiger partial charge >= 0.3 is 0 Å². The molecule has 0 unspecified atom stereocenters. The lowest BCUT2D eigenvalue weighted by atomic mass is 10.4. The zero-order valence-corrected chi connectivity index (χ0v) is 8.63. The maximum atomic E-state index is 8.74. The van der Waals surface area contributed by atoms with Crippen molar-refractivity contribution in [2.24, 2.45) is 0 Å². The molecule has 3 heteroatoms. The van der Waals surface area contributed by atoms with Crippen LogP contribution >= 0.6 is 12.6 Å². The predicted octanol–water partition coefficient (Wildman–Crippen LogP) is 1.18. The lowest BCUT2D eigenvalue weighted by Gasteiger charge is -2.17. The summed E-state index contributed by atoms with van der Waals surface area (Å²) in [5, 5.41) is 8.74. The summed E-state index contributed by atoms with van der Waals surface area (Å²) in [6.45, 7) is 5.14. The summed E-state index contributed by atoms with van der Waals surface area (Å²) < 4.78 is 0. The van der Waals surface area contributed by atoms with Gasteiger partial charge in [0.05, 0.1) is 6.61 Å². The van der Waals surface area contributed by atoms with Gasteiger partial charge in [-0.1, -0.05) is 19.1 Å². The van der Waals surface area contributed by atoms with Crippen molar-refractivity contribution in [3.8, 4) is 0 Å². The Morgan fingerprint density at radius 3 is 2.58 bits per heavy atom. The zero-order valence-electron chi connectivity index (χ0n) is 7.74. The summed E-state index contributed by atoms with van der Waals surface area (Å²) in [6.07, 6.45) is 5.26. The molecule has 0 aliphatic carbocycles. The van der Waals surface area contributed by atoms with Crippen molar-refractivity contribution in [1.82, 2.24) is 4.90 Å². The standard InChI is InChI=1S/C9H19NOS/c1-2-5-10(7-8-11)6-3-4-9-12/h3-4,11-12H,2,5-9H2,1H3. The Morgan fingerprint density at radius 2 is 2.08 bits per heavy atom. The van der Waals surface area contributed by atoms with E-state index in [0.29, 0.717) is 0 Å². The van der Waals surface area contributed by atoms with Crippen LogP contribution in [0.3, 0.4) is 0 Å². The molecule has 0 bridgehead atoms. The van der Waals surface area contributed by atoms with Crippen molar-refractivity contribution < 1.29 is 5.11 Å². The Morgan fingerprint density at radius 1 is 1.33 bits per heavy atom. The Labute approximate surface area is 80.7 Å². The maximum absolute atomic E-state index is 8.74. The van der Waals surface area contributed by atoms with Crippen LogP contribution in [0, 0.1) is 0 Å². The van der Waals surface area contributed by atoms with Crippen LogP contribution in [-0.2, 0) is 0 Å². The van der Waals surface area contributed by atoms with Crippen LogP contribution in [0.1, 0.15) is 13.3 Å². The van der Waals surface area contributed by atoms with Crippen molar-refractivity contribution in [3.05, 3.63) is 12.2 Å². The summed E-state index contributed by atoms with van der Waals surface area (Å²) >= 11 is 4.07. The summed E-state index contributed by atoms with van der Waals surface area (Å²) in [4.78, 5) is 2.22. The minimum Gasteiger partial charge on any atom is -0.395 e. The van der Waals surface area contributed by atoms with E-state index < -0.39 is 0 Å². The highest BCUT2D eigenvalue weighted by atomic mass is 32.1. The third-order valence-electron chi connectivity index (χ3n) is 1.59. The fourth-order valence-corrected chi connectivity index (χ4v) is 1.20. The largest absolute Gasteiger partial charge is 0.395 e. The van der Waals surface area contributed by atoms with E-state index in [4.69, 9.17) is 5.11 Å². The number of nitrogens with zero attached hydrogens (tertiary/aromatic N) is 1. The van der Waals surface area contributed by atoms with Crippen LogP contribution in [0.25, 0.3) is 0 Å². The highest BCUT2D eigenvalue weighted by molar-refractivity contribution is 7.80. The fourth-order valence-electron chi connectivity index (χ4n) is 1.05. The molecule has 0 aromatic carbocycles. The molecule has 12 heavy (non-hydrogen) atoms. The SMILES string of the molecule is CCCN(CC=CCS)CCO. The van der Waals surface area contributed by atoms with Gasteiger partial charge in [0.15, 0.2) is 0 Å². The van der Waals surface area contributed by atoms with Crippen LogP contribution < -0.4 is 0 Å². The first-order valence-corrected chi connectivity index (χ1v) is 5.07. The van der Waals surface area contributed by atoms with Crippen molar-refractivity contribution in [3.63, 3.8) is 0 Å². The van der Waals surface area contributed by atoms with Crippen LogP contribution in [0.4, 0.5) is 0 Å². The van der Waals surface area contributed by atoms with Gasteiger partial charge in [-0.25, -0.2) is 0 Å². The Hall–Kier alpha value is 0.01000. The Balaban J connectivity index is 3.54. The van der Waals surface area contributed by atoms with Crippen LogP contribution in [0.5, 0.6) is 0 Å². The molecule has 0 fully saturated rings. The van der Waals surface area contributed by atoms with E-state index in [2.05, 4.69) is 30.5 Å². The average molecular weight is 189 g/mol. The molecular weight excluding hydrogens is 170 g/mol. The molecule has 0 aromatic heterocycles. The second-order valence-electron chi connectivity index (χ2n) is 2.68. The lowest BCUT2D eigenvalue weighted by Crippen LogP contribution is -2.27. The molecule has 0 aromatic rings. The van der Waals surface area contributed by atoms with Gasteiger partial charge in [0, 0.05) is 18.8 Å². The second kappa shape index (κ2) is 9.10. The molecule has 0 saturated heterocycles. The number of aliphatic hydroxyl groups excluding tert-OH is 1. The molecule has 1 N–H and O–H groups in total. The third kappa shape index (κ3) is 6.70. The highest BCUT2D eigenvalue weighted by Gasteiger charge is 1.98. The van der Waals surface area contributed by atoms with E-state index in [0.717, 1.165) is 31.8 Å². The monoisotopic (exact) mass is 189 g/mol. The normalized spacial score (nSPS) is 11.7. The minimum absolute atomic E-state index is 0.245. The summed E-state index contributed by atoms with van der Waals surface area (Å²) in [5.74, 6) is 0.791. The molecule has 72 valence electrons. The number of hydrogen-bond donors (Lipinski definition) is 2. The van der Waals surface area contributed by atoms with Gasteiger partial charge in [0.1, 0.15) is 0 Å². The third-order valence-corrected chi connectivity index (χ3v) is 1.80. The molecule has 0 atom stereocenters. The number of aliphatic hydroxyl groups is 1. The van der Waals surface area contributed by atoms with Gasteiger partial charge in [-0.05, 0) is 13.0 Å². The van der Waals surface area contributed by atoms with Crippen molar-refractivity contribution in [2.45, 2.75) is 13.3 Å². The summed E-state index contributed by atoms with van der Waals surface area (Å²) in [7, 11) is 0. The smallest absolute Gasteiger partial charge is 0.0558 e. The van der Waals surface area contributed by atoms with Gasteiger partial charge in [-0.2, -0.15) is 12.6 Å². The lowest BCUT2D eigenvalue weighted by molar-refractivity contribution is 0.208. The number of thiol groups is 1. The maximum Gasteiger partial charge on any atom is 0.0558 e. The van der Waals surface area contributed by atoms with E-state index >= 15 is 0 Å². The Kier molecular flexibility index (Phi) is 9.11. The van der Waals surface area contributed by atoms with Crippen molar-refractivity contribution >= 4 is 12.6 Å². The van der Waals surface area contributed by atoms with E-state index in [1.165, 1.54) is 0 Å². The van der Waals surface area contributed by atoms with Crippen LogP contribution in [0.2, 0.25) is 0 Å². The van der Waals surface area contributed by atoms with E-state index in [-0.39, 0.29) is 6.61 Å². The topological polar surface area (TPSA) is 23.5 Å². The quantitative estimate of drug-likeness (QED) is 0.464. The van der Waals surface area contributed by atoms with Gasteiger partial charge in [-0.3, -0.25) is 4.90 Å². The molecule has 2 nitrogen and oxygen atoms in total. The molecule has 0 aliphatic heterocycles. The van der Waals surface area contributed by atoms with Crippen molar-refractivity contribution in [2.75, 3.05) is 32.0 Å². The number of rotatable bonds is 7. The number of hydrogen-bond acceptors (Lipinski definition) is 3. The zero-order chi connectivity index (χ0) is 9.23. The molecule has 0 spiro atoms. The van der Waals surface area contributed by atoms with Gasteiger partial charge in [-0.15, -0.1) is 0 Å². The molecule has 0 amide bonds. The second-order valence-corrected chi connectivity index (χ2v) is 3.04. The first-order chi connectivity index (χ1) is 5.85. The van der Waals surface area contributed by atoms with Gasteiger partial charge in [0.2, 0.25) is 0 Å². The minimum atomic E-state index is 0.245. The molecule has 0 heterocycles. The van der Waals surface area contributed by atoms with Crippen molar-refractivity contribution in [1.29, 1.82) is 0 Å². The highest BCUT2D eigenvalue weighted by Crippen LogP contribution is 1.91. The molecule has 0 radical (unpaired) electrons. The molecular formula is C9H19NOS. The molecule has 0 saturated carbocycles. The Bertz CT molecular complexity index is 111. The molecule has 0 aliphatic rings. The van der Waals surface area contributed by atoms with Gasteiger partial charge < -0.3 is 5.11 Å². The molecule has 0 rings (SSSR count). The van der Waals surface area contributed by atoms with E-state index in [9.17, 15) is 0 Å². The predicted molar refractivity (Wildman–Crippen MR) is 56.8 cm³/mol. The van der Waals surface area contributed by atoms with Crippen LogP contribution in [-0.4, -0.2) is 42.0 Å². The van der Waals surface area contributed by atoms with E-state index in [1.807, 2.05) is 6.08 Å². The van der Waals surface area contributed by atoms with E-state index in [1.54, 1.807) is 0 Å². The fraction of sp³-hybridized carbons (Fsp3) is 0.778. The summed E-state index contributed by atoms with van der Waals surface area (Å²) in [6, 6.07) is 0. The first kappa shape index (κ1) is 12.0. The van der Waals surface area contributed by atoms with Crippen LogP contribution in [0.15, 0.2) is 12.2 Å². The summed E-state index contributed by atoms with van der Waals surface area (Å²) in [5.41, 5.74) is 0. The first-order valence-electron chi connectivity index (χ1n) is 4.44. The van der Waals surface area contributed by atoms with Gasteiger partial charge in [0.25, 0.3) is 0 Å². The average Bonchev–Trinajstić information content (AvgIpc) is 2.06.